The predicted molar refractivity (Wildman–Crippen MR) is 84.5 cm³/mol. The Morgan fingerprint density at radius 1 is 1.32 bits per heavy atom. The molecule has 0 amide bonds. The molecule has 0 unspecified atom stereocenters. The van der Waals surface area contributed by atoms with Crippen molar-refractivity contribution >= 4 is 10.0 Å². The highest BCUT2D eigenvalue weighted by atomic mass is 32.2. The minimum atomic E-state index is -3.57. The number of hydrogen-bond acceptors (Lipinski definition) is 4. The van der Waals surface area contributed by atoms with Gasteiger partial charge in [0.05, 0.1) is 17.7 Å². The molecule has 1 heterocycles. The monoisotopic (exact) mass is 323 g/mol. The average Bonchev–Trinajstić information content (AvgIpc) is 2.82. The van der Waals surface area contributed by atoms with E-state index in [0.717, 1.165) is 11.4 Å². The highest BCUT2D eigenvalue weighted by Gasteiger charge is 2.20. The highest BCUT2D eigenvalue weighted by Crippen LogP contribution is 2.21. The second-order valence-corrected chi connectivity index (χ2v) is 7.08. The van der Waals surface area contributed by atoms with Crippen LogP contribution in [0.15, 0.2) is 29.2 Å². The summed E-state index contributed by atoms with van der Waals surface area (Å²) in [5, 5.41) is 6.97. The zero-order valence-electron chi connectivity index (χ0n) is 13.2. The fourth-order valence-electron chi connectivity index (χ4n) is 2.31. The standard InChI is InChI=1S/C15H21N3O3S/c1-10-7-14(21-4)5-6-15(10)22(19,20)18-12(3)9-13-8-11(2)16-17-13/h5-8,12,18H,9H2,1-4H3,(H,16,17)/t12-/m1/s1. The van der Waals surface area contributed by atoms with Crippen molar-refractivity contribution in [1.82, 2.24) is 14.9 Å². The maximum Gasteiger partial charge on any atom is 0.241 e. The van der Waals surface area contributed by atoms with E-state index in [1.165, 1.54) is 0 Å². The number of aryl methyl sites for hydroxylation is 2. The fourth-order valence-corrected chi connectivity index (χ4v) is 3.78. The minimum absolute atomic E-state index is 0.255. The molecule has 2 aromatic rings. The molecule has 2 N–H and O–H groups in total. The van der Waals surface area contributed by atoms with Crippen molar-refractivity contribution in [3.63, 3.8) is 0 Å². The molecule has 0 radical (unpaired) electrons. The predicted octanol–water partition coefficient (Wildman–Crippen LogP) is 1.94. The van der Waals surface area contributed by atoms with Crippen LogP contribution in [0.4, 0.5) is 0 Å². The van der Waals surface area contributed by atoms with Crippen LogP contribution in [0.25, 0.3) is 0 Å². The summed E-state index contributed by atoms with van der Waals surface area (Å²) in [7, 11) is -2.02. The summed E-state index contributed by atoms with van der Waals surface area (Å²) in [4.78, 5) is 0.262. The molecule has 0 fully saturated rings. The highest BCUT2D eigenvalue weighted by molar-refractivity contribution is 7.89. The molecule has 0 aliphatic heterocycles. The molecule has 0 aliphatic carbocycles. The van der Waals surface area contributed by atoms with Crippen molar-refractivity contribution in [2.45, 2.75) is 38.1 Å². The van der Waals surface area contributed by atoms with E-state index in [1.54, 1.807) is 32.2 Å². The van der Waals surface area contributed by atoms with Gasteiger partial charge in [-0.3, -0.25) is 5.10 Å². The molecule has 0 saturated carbocycles. The second kappa shape index (κ2) is 6.50. The number of nitrogens with zero attached hydrogens (tertiary/aromatic N) is 1. The number of aromatic nitrogens is 2. The third-order valence-electron chi connectivity index (χ3n) is 3.30. The number of aromatic amines is 1. The Labute approximate surface area is 130 Å². The van der Waals surface area contributed by atoms with E-state index in [-0.39, 0.29) is 10.9 Å². The summed E-state index contributed by atoms with van der Waals surface area (Å²) in [6.45, 7) is 5.48. The number of ether oxygens (including phenoxy) is 1. The van der Waals surface area contributed by atoms with Crippen molar-refractivity contribution in [3.05, 3.63) is 41.2 Å². The van der Waals surface area contributed by atoms with E-state index >= 15 is 0 Å². The first-order valence-electron chi connectivity index (χ1n) is 6.99. The first-order chi connectivity index (χ1) is 10.3. The lowest BCUT2D eigenvalue weighted by Gasteiger charge is -2.15. The molecule has 0 aliphatic rings. The maximum absolute atomic E-state index is 12.5. The largest absolute Gasteiger partial charge is 0.497 e. The van der Waals surface area contributed by atoms with Gasteiger partial charge in [-0.25, -0.2) is 13.1 Å². The average molecular weight is 323 g/mol. The van der Waals surface area contributed by atoms with Crippen molar-refractivity contribution < 1.29 is 13.2 Å². The minimum Gasteiger partial charge on any atom is -0.497 e. The van der Waals surface area contributed by atoms with Crippen LogP contribution in [-0.4, -0.2) is 31.8 Å². The zero-order chi connectivity index (χ0) is 16.3. The molecule has 1 aromatic carbocycles. The van der Waals surface area contributed by atoms with Gasteiger partial charge in [0, 0.05) is 18.2 Å². The molecule has 0 saturated heterocycles. The van der Waals surface area contributed by atoms with E-state index in [2.05, 4.69) is 14.9 Å². The van der Waals surface area contributed by atoms with E-state index in [9.17, 15) is 8.42 Å². The van der Waals surface area contributed by atoms with Crippen molar-refractivity contribution in [2.24, 2.45) is 0 Å². The van der Waals surface area contributed by atoms with Crippen LogP contribution in [0.3, 0.4) is 0 Å². The molecule has 22 heavy (non-hydrogen) atoms. The lowest BCUT2D eigenvalue weighted by Crippen LogP contribution is -2.34. The Balaban J connectivity index is 2.13. The third-order valence-corrected chi connectivity index (χ3v) is 5.05. The van der Waals surface area contributed by atoms with Gasteiger partial charge in [-0.2, -0.15) is 5.10 Å². The molecule has 0 spiro atoms. The van der Waals surface area contributed by atoms with Gasteiger partial charge in [0.25, 0.3) is 0 Å². The van der Waals surface area contributed by atoms with Crippen LogP contribution in [0.5, 0.6) is 5.75 Å². The van der Waals surface area contributed by atoms with Gasteiger partial charge in [0.15, 0.2) is 0 Å². The second-order valence-electron chi connectivity index (χ2n) is 5.40. The number of methoxy groups -OCH3 is 1. The summed E-state index contributed by atoms with van der Waals surface area (Å²) in [6, 6.07) is 6.56. The Bertz CT molecular complexity index is 753. The van der Waals surface area contributed by atoms with Crippen molar-refractivity contribution in [3.8, 4) is 5.75 Å². The molecular weight excluding hydrogens is 302 g/mol. The Kier molecular flexibility index (Phi) is 4.87. The smallest absolute Gasteiger partial charge is 0.241 e. The molecule has 6 nitrogen and oxygen atoms in total. The maximum atomic E-state index is 12.5. The van der Waals surface area contributed by atoms with Gasteiger partial charge in [-0.15, -0.1) is 0 Å². The van der Waals surface area contributed by atoms with Crippen LogP contribution in [0.1, 0.15) is 23.9 Å². The molecule has 1 atom stereocenters. The molecular formula is C15H21N3O3S. The van der Waals surface area contributed by atoms with Crippen molar-refractivity contribution in [1.29, 1.82) is 0 Å². The number of sulfonamides is 1. The zero-order valence-corrected chi connectivity index (χ0v) is 14.0. The lowest BCUT2D eigenvalue weighted by molar-refractivity contribution is 0.414. The van der Waals surface area contributed by atoms with Gasteiger partial charge >= 0.3 is 0 Å². The summed E-state index contributed by atoms with van der Waals surface area (Å²) in [5.41, 5.74) is 2.44. The summed E-state index contributed by atoms with van der Waals surface area (Å²) >= 11 is 0. The Hall–Kier alpha value is -1.86. The van der Waals surface area contributed by atoms with E-state index in [0.29, 0.717) is 17.7 Å². The summed E-state index contributed by atoms with van der Waals surface area (Å²) < 4.78 is 32.7. The van der Waals surface area contributed by atoms with Crippen LogP contribution < -0.4 is 9.46 Å². The lowest BCUT2D eigenvalue weighted by atomic mass is 10.2. The summed E-state index contributed by atoms with van der Waals surface area (Å²) in [5.74, 6) is 0.636. The van der Waals surface area contributed by atoms with E-state index in [4.69, 9.17) is 4.74 Å². The van der Waals surface area contributed by atoms with E-state index < -0.39 is 10.0 Å². The number of rotatable bonds is 6. The number of benzene rings is 1. The van der Waals surface area contributed by atoms with Gasteiger partial charge in [-0.1, -0.05) is 0 Å². The van der Waals surface area contributed by atoms with Crippen LogP contribution >= 0.6 is 0 Å². The van der Waals surface area contributed by atoms with Gasteiger partial charge in [-0.05, 0) is 50.6 Å². The van der Waals surface area contributed by atoms with Crippen LogP contribution in [0.2, 0.25) is 0 Å². The van der Waals surface area contributed by atoms with Crippen LogP contribution in [0, 0.1) is 13.8 Å². The topological polar surface area (TPSA) is 84.1 Å². The van der Waals surface area contributed by atoms with Crippen molar-refractivity contribution in [2.75, 3.05) is 7.11 Å². The fraction of sp³-hybridized carbons (Fsp3) is 0.400. The number of nitrogens with one attached hydrogen (secondary N) is 2. The third kappa shape index (κ3) is 3.86. The normalized spacial score (nSPS) is 13.1. The number of hydrogen-bond donors (Lipinski definition) is 2. The Morgan fingerprint density at radius 3 is 2.59 bits per heavy atom. The summed E-state index contributed by atoms with van der Waals surface area (Å²) in [6.07, 6.45) is 0.527. The van der Waals surface area contributed by atoms with Gasteiger partial charge < -0.3 is 4.74 Å². The first kappa shape index (κ1) is 16.5. The molecule has 120 valence electrons. The Morgan fingerprint density at radius 2 is 2.05 bits per heavy atom. The molecule has 7 heteroatoms. The molecule has 0 bridgehead atoms. The SMILES string of the molecule is COc1ccc(S(=O)(=O)N[C@H](C)Cc2cc(C)[nH]n2)c(C)c1. The molecule has 2 rings (SSSR count). The van der Waals surface area contributed by atoms with E-state index in [1.807, 2.05) is 19.9 Å². The number of H-pyrrole nitrogens is 1. The molecule has 1 aromatic heterocycles. The van der Waals surface area contributed by atoms with Gasteiger partial charge in [0.1, 0.15) is 5.75 Å². The first-order valence-corrected chi connectivity index (χ1v) is 8.48. The van der Waals surface area contributed by atoms with Crippen LogP contribution in [-0.2, 0) is 16.4 Å². The van der Waals surface area contributed by atoms with Gasteiger partial charge in [0.2, 0.25) is 10.0 Å². The quantitative estimate of drug-likeness (QED) is 0.851.